The van der Waals surface area contributed by atoms with Crippen LogP contribution < -0.4 is 4.74 Å². The molecule has 0 N–H and O–H groups in total. The molecule has 2 rings (SSSR count). The monoisotopic (exact) mass is 330 g/mol. The first-order valence-electron chi connectivity index (χ1n) is 6.35. The molecule has 2 aromatic rings. The number of ether oxygens (including phenoxy) is 1. The van der Waals surface area contributed by atoms with Crippen LogP contribution in [-0.2, 0) is 0 Å². The maximum atomic E-state index is 8.99. The molecule has 0 bridgehead atoms. The summed E-state index contributed by atoms with van der Waals surface area (Å²) in [5, 5.41) is 8.99. The maximum absolute atomic E-state index is 8.99. The fourth-order valence-electron chi connectivity index (χ4n) is 1.93. The summed E-state index contributed by atoms with van der Waals surface area (Å²) in [4.78, 5) is 4.31. The van der Waals surface area contributed by atoms with E-state index in [-0.39, 0.29) is 0 Å². The Labute approximate surface area is 127 Å². The summed E-state index contributed by atoms with van der Waals surface area (Å²) in [5.41, 5.74) is 2.42. The van der Waals surface area contributed by atoms with Gasteiger partial charge in [-0.1, -0.05) is 29.8 Å². The molecule has 0 atom stereocenters. The number of rotatable bonds is 3. The van der Waals surface area contributed by atoms with Crippen LogP contribution in [0.4, 0.5) is 0 Å². The van der Waals surface area contributed by atoms with E-state index in [9.17, 15) is 0 Å². The Morgan fingerprint density at radius 3 is 2.65 bits per heavy atom. The first-order chi connectivity index (χ1) is 9.49. The van der Waals surface area contributed by atoms with Gasteiger partial charge in [-0.25, -0.2) is 4.98 Å². The van der Waals surface area contributed by atoms with Crippen LogP contribution in [0, 0.1) is 18.3 Å². The second-order valence-electron chi connectivity index (χ2n) is 4.89. The molecule has 4 heteroatoms. The van der Waals surface area contributed by atoms with E-state index in [0.29, 0.717) is 17.4 Å². The van der Waals surface area contributed by atoms with Crippen molar-refractivity contribution in [1.29, 1.82) is 5.26 Å². The molecule has 0 saturated carbocycles. The number of aromatic nitrogens is 1. The van der Waals surface area contributed by atoms with Crippen molar-refractivity contribution < 1.29 is 4.74 Å². The van der Waals surface area contributed by atoms with Gasteiger partial charge < -0.3 is 4.74 Å². The fourth-order valence-corrected chi connectivity index (χ4v) is 2.31. The number of hydrogen-bond acceptors (Lipinski definition) is 3. The van der Waals surface area contributed by atoms with Gasteiger partial charge in [-0.05, 0) is 42.7 Å². The number of halogens is 1. The Kier molecular flexibility index (Phi) is 4.41. The molecule has 0 fully saturated rings. The van der Waals surface area contributed by atoms with Gasteiger partial charge in [0.25, 0.3) is 0 Å². The molecule has 0 aliphatic heterocycles. The lowest BCUT2D eigenvalue weighted by atomic mass is 10.0. The molecule has 3 nitrogen and oxygen atoms in total. The molecule has 0 saturated heterocycles. The summed E-state index contributed by atoms with van der Waals surface area (Å²) in [6, 6.07) is 11.4. The average Bonchev–Trinajstić information content (AvgIpc) is 2.40. The predicted molar refractivity (Wildman–Crippen MR) is 82.0 cm³/mol. The lowest BCUT2D eigenvalue weighted by Crippen LogP contribution is -1.97. The van der Waals surface area contributed by atoms with Crippen LogP contribution in [0.5, 0.6) is 11.6 Å². The minimum Gasteiger partial charge on any atom is -0.439 e. The highest BCUT2D eigenvalue weighted by Crippen LogP contribution is 2.32. The molecule has 0 aliphatic rings. The van der Waals surface area contributed by atoms with Crippen LogP contribution in [0.25, 0.3) is 0 Å². The first kappa shape index (κ1) is 14.5. The summed E-state index contributed by atoms with van der Waals surface area (Å²) in [5.74, 6) is 1.55. The largest absolute Gasteiger partial charge is 0.439 e. The number of benzene rings is 1. The van der Waals surface area contributed by atoms with Crippen molar-refractivity contribution in [3.63, 3.8) is 0 Å². The number of hydrogen-bond donors (Lipinski definition) is 0. The van der Waals surface area contributed by atoms with Crippen molar-refractivity contribution in [1.82, 2.24) is 4.98 Å². The second kappa shape index (κ2) is 6.06. The van der Waals surface area contributed by atoms with Crippen molar-refractivity contribution in [3.8, 4) is 17.7 Å². The quantitative estimate of drug-likeness (QED) is 0.800. The van der Waals surface area contributed by atoms with Crippen LogP contribution in [0.3, 0.4) is 0 Å². The molecule has 0 unspecified atom stereocenters. The van der Waals surface area contributed by atoms with E-state index < -0.39 is 0 Å². The predicted octanol–water partition coefficient (Wildman–Crippen LogP) is 4.94. The van der Waals surface area contributed by atoms with Crippen LogP contribution in [0.15, 0.2) is 34.8 Å². The van der Waals surface area contributed by atoms with E-state index in [1.54, 1.807) is 12.1 Å². The Balaban J connectivity index is 2.40. The van der Waals surface area contributed by atoms with Crippen molar-refractivity contribution in [2.45, 2.75) is 26.7 Å². The smallest absolute Gasteiger partial charge is 0.220 e. The van der Waals surface area contributed by atoms with Gasteiger partial charge in [-0.3, -0.25) is 0 Å². The molecule has 1 heterocycles. The molecule has 20 heavy (non-hydrogen) atoms. The van der Waals surface area contributed by atoms with Crippen LogP contribution in [0.2, 0.25) is 0 Å². The third-order valence-corrected chi connectivity index (χ3v) is 3.36. The average molecular weight is 331 g/mol. The first-order valence-corrected chi connectivity index (χ1v) is 7.15. The van der Waals surface area contributed by atoms with Crippen molar-refractivity contribution in [2.24, 2.45) is 0 Å². The van der Waals surface area contributed by atoms with E-state index >= 15 is 0 Å². The molecule has 1 aromatic carbocycles. The Morgan fingerprint density at radius 1 is 1.25 bits per heavy atom. The highest BCUT2D eigenvalue weighted by molar-refractivity contribution is 9.10. The van der Waals surface area contributed by atoms with Gasteiger partial charge in [-0.15, -0.1) is 0 Å². The van der Waals surface area contributed by atoms with Crippen LogP contribution in [-0.4, -0.2) is 4.98 Å². The van der Waals surface area contributed by atoms with E-state index in [1.165, 1.54) is 0 Å². The van der Waals surface area contributed by atoms with Gasteiger partial charge in [0.2, 0.25) is 5.88 Å². The second-order valence-corrected chi connectivity index (χ2v) is 5.80. The summed E-state index contributed by atoms with van der Waals surface area (Å²) >= 11 is 3.47. The Hall–Kier alpha value is -1.86. The molecule has 0 radical (unpaired) electrons. The lowest BCUT2D eigenvalue weighted by Gasteiger charge is -2.14. The van der Waals surface area contributed by atoms with Crippen LogP contribution in [0.1, 0.15) is 36.6 Å². The van der Waals surface area contributed by atoms with Gasteiger partial charge in [0, 0.05) is 16.2 Å². The van der Waals surface area contributed by atoms with E-state index in [2.05, 4.69) is 40.8 Å². The molecular formula is C16H15BrN2O. The van der Waals surface area contributed by atoms with Crippen LogP contribution >= 0.6 is 15.9 Å². The topological polar surface area (TPSA) is 45.9 Å². The molecule has 1 aromatic heterocycles. The summed E-state index contributed by atoms with van der Waals surface area (Å²) < 4.78 is 6.88. The Morgan fingerprint density at radius 2 is 2.00 bits per heavy atom. The van der Waals surface area contributed by atoms with Crippen molar-refractivity contribution >= 4 is 15.9 Å². The normalized spacial score (nSPS) is 10.4. The zero-order valence-corrected chi connectivity index (χ0v) is 13.2. The Bertz CT molecular complexity index is 675. The molecule has 0 aliphatic carbocycles. The number of pyridine rings is 1. The molecular weight excluding hydrogens is 316 g/mol. The van der Waals surface area contributed by atoms with E-state index in [4.69, 9.17) is 10.00 Å². The van der Waals surface area contributed by atoms with E-state index in [0.717, 1.165) is 21.5 Å². The zero-order valence-electron chi connectivity index (χ0n) is 11.6. The summed E-state index contributed by atoms with van der Waals surface area (Å²) in [6.07, 6.45) is 0. The number of aryl methyl sites for hydroxylation is 1. The lowest BCUT2D eigenvalue weighted by molar-refractivity contribution is 0.453. The minimum atomic E-state index is 0.336. The van der Waals surface area contributed by atoms with Crippen molar-refractivity contribution in [2.75, 3.05) is 0 Å². The number of nitriles is 1. The summed E-state index contributed by atoms with van der Waals surface area (Å²) in [7, 11) is 0. The fraction of sp³-hybridized carbons (Fsp3) is 0.250. The zero-order chi connectivity index (χ0) is 14.7. The summed E-state index contributed by atoms with van der Waals surface area (Å²) in [6.45, 7) is 6.07. The van der Waals surface area contributed by atoms with Gasteiger partial charge >= 0.3 is 0 Å². The van der Waals surface area contributed by atoms with Gasteiger partial charge in [-0.2, -0.15) is 5.26 Å². The molecule has 102 valence electrons. The SMILES string of the molecule is Cc1cc(C#N)cc(Oc2ccc(Br)cc2C(C)C)n1. The standard InChI is InChI=1S/C16H15BrN2O/c1-10(2)14-8-13(17)4-5-15(14)20-16-7-12(9-18)6-11(3)19-16/h4-8,10H,1-3H3. The third-order valence-electron chi connectivity index (χ3n) is 2.87. The van der Waals surface area contributed by atoms with Gasteiger partial charge in [0.1, 0.15) is 5.75 Å². The molecule has 0 spiro atoms. The highest BCUT2D eigenvalue weighted by atomic mass is 79.9. The highest BCUT2D eigenvalue weighted by Gasteiger charge is 2.11. The maximum Gasteiger partial charge on any atom is 0.220 e. The third kappa shape index (κ3) is 3.37. The number of nitrogens with zero attached hydrogens (tertiary/aromatic N) is 2. The van der Waals surface area contributed by atoms with Crippen molar-refractivity contribution in [3.05, 3.63) is 51.6 Å². The van der Waals surface area contributed by atoms with E-state index in [1.807, 2.05) is 25.1 Å². The van der Waals surface area contributed by atoms with Gasteiger partial charge in [0.05, 0.1) is 11.6 Å². The minimum absolute atomic E-state index is 0.336. The van der Waals surface area contributed by atoms with Gasteiger partial charge in [0.15, 0.2) is 0 Å². The molecule has 0 amide bonds.